The molecule has 0 aliphatic carbocycles. The number of morpholine rings is 1. The number of amides is 2. The van der Waals surface area contributed by atoms with Gasteiger partial charge in [0.1, 0.15) is 6.07 Å². The smallest absolute Gasteiger partial charge is 0.277 e. The highest BCUT2D eigenvalue weighted by atomic mass is 35.5. The molecule has 1 aromatic carbocycles. The normalized spacial score (nSPS) is 16.2. The lowest BCUT2D eigenvalue weighted by molar-refractivity contribution is 0.0374. The summed E-state index contributed by atoms with van der Waals surface area (Å²) >= 11 is 6.22. The molecule has 0 unspecified atom stereocenters. The van der Waals surface area contributed by atoms with Gasteiger partial charge in [-0.25, -0.2) is 4.68 Å². The minimum absolute atomic E-state index is 0.0137. The number of likely N-dealkylation sites (N-methyl/N-ethyl adjacent to an activating group) is 1. The van der Waals surface area contributed by atoms with E-state index < -0.39 is 5.91 Å². The predicted molar refractivity (Wildman–Crippen MR) is 155 cm³/mol. The van der Waals surface area contributed by atoms with E-state index in [4.69, 9.17) is 21.6 Å². The Morgan fingerprint density at radius 2 is 1.83 bits per heavy atom. The first-order valence-corrected chi connectivity index (χ1v) is 14.1. The monoisotopic (exact) mass is 593 g/mol. The van der Waals surface area contributed by atoms with Gasteiger partial charge in [-0.1, -0.05) is 16.8 Å². The number of anilines is 2. The van der Waals surface area contributed by atoms with E-state index in [0.29, 0.717) is 17.9 Å². The van der Waals surface area contributed by atoms with Crippen molar-refractivity contribution < 1.29 is 14.3 Å². The Morgan fingerprint density at radius 3 is 2.57 bits per heavy atom. The molecule has 2 saturated heterocycles. The second kappa shape index (κ2) is 13.7. The van der Waals surface area contributed by atoms with Crippen LogP contribution in [0.15, 0.2) is 30.5 Å². The number of carbonyl (C=O) groups excluding carboxylic acids is 2. The predicted octanol–water partition coefficient (Wildman–Crippen LogP) is 1.04. The van der Waals surface area contributed by atoms with E-state index in [1.54, 1.807) is 12.3 Å². The molecular formula is C27H32ClN11O3. The molecule has 2 aliphatic heterocycles. The summed E-state index contributed by atoms with van der Waals surface area (Å²) < 4.78 is 6.85. The first kappa shape index (κ1) is 29.3. The number of rotatable bonds is 9. The third kappa shape index (κ3) is 7.18. The zero-order chi connectivity index (χ0) is 29.5. The minimum Gasteiger partial charge on any atom is -0.379 e. The summed E-state index contributed by atoms with van der Waals surface area (Å²) in [6.07, 6.45) is 2.38. The van der Waals surface area contributed by atoms with Crippen LogP contribution in [0.2, 0.25) is 5.02 Å². The van der Waals surface area contributed by atoms with Crippen molar-refractivity contribution in [2.75, 3.05) is 82.8 Å². The van der Waals surface area contributed by atoms with Crippen molar-refractivity contribution >= 4 is 34.8 Å². The summed E-state index contributed by atoms with van der Waals surface area (Å²) in [6.45, 7) is 8.02. The molecule has 0 atom stereocenters. The van der Waals surface area contributed by atoms with Crippen molar-refractivity contribution in [3.8, 4) is 11.8 Å². The van der Waals surface area contributed by atoms with E-state index in [0.717, 1.165) is 71.1 Å². The van der Waals surface area contributed by atoms with Gasteiger partial charge in [-0.15, -0.1) is 15.3 Å². The van der Waals surface area contributed by atoms with Crippen molar-refractivity contribution in [1.29, 1.82) is 5.26 Å². The molecule has 0 radical (unpaired) electrons. The van der Waals surface area contributed by atoms with Crippen molar-refractivity contribution in [1.82, 2.24) is 40.3 Å². The number of nitrogens with zero attached hydrogens (tertiary/aromatic N) is 9. The molecular weight excluding hydrogens is 562 g/mol. The Labute approximate surface area is 248 Å². The average Bonchev–Trinajstić information content (AvgIpc) is 3.51. The van der Waals surface area contributed by atoms with E-state index in [-0.39, 0.29) is 28.0 Å². The lowest BCUT2D eigenvalue weighted by atomic mass is 10.2. The Hall–Kier alpha value is -4.16. The first-order valence-electron chi connectivity index (χ1n) is 13.7. The third-order valence-electron chi connectivity index (χ3n) is 7.18. The second-order valence-electron chi connectivity index (χ2n) is 10.1. The molecule has 14 nitrogen and oxygen atoms in total. The van der Waals surface area contributed by atoms with Gasteiger partial charge in [0.05, 0.1) is 41.5 Å². The fourth-order valence-electron chi connectivity index (χ4n) is 4.76. The summed E-state index contributed by atoms with van der Waals surface area (Å²) in [6, 6.07) is 8.66. The molecule has 0 spiro atoms. The summed E-state index contributed by atoms with van der Waals surface area (Å²) in [5.41, 5.74) is 2.03. The number of nitrogens with one attached hydrogen (secondary N) is 2. The summed E-state index contributed by atoms with van der Waals surface area (Å²) in [5.74, 6) is -0.875. The molecule has 220 valence electrons. The Kier molecular flexibility index (Phi) is 9.55. The summed E-state index contributed by atoms with van der Waals surface area (Å²) in [5, 5.41) is 30.6. The third-order valence-corrected chi connectivity index (χ3v) is 7.47. The molecule has 3 aromatic rings. The number of piperazine rings is 1. The molecule has 2 fully saturated rings. The number of hydrogen-bond donors (Lipinski definition) is 2. The zero-order valence-electron chi connectivity index (χ0n) is 23.3. The van der Waals surface area contributed by atoms with Crippen LogP contribution < -0.4 is 15.5 Å². The molecule has 2 amide bonds. The van der Waals surface area contributed by atoms with Gasteiger partial charge in [-0.05, 0) is 44.3 Å². The Bertz CT molecular complexity index is 1460. The quantitative estimate of drug-likeness (QED) is 0.341. The molecule has 15 heteroatoms. The largest absolute Gasteiger partial charge is 0.379 e. The van der Waals surface area contributed by atoms with Crippen molar-refractivity contribution in [2.24, 2.45) is 0 Å². The molecule has 5 rings (SSSR count). The van der Waals surface area contributed by atoms with Crippen LogP contribution in [0.1, 0.15) is 33.1 Å². The lowest BCUT2D eigenvalue weighted by Gasteiger charge is -2.35. The van der Waals surface area contributed by atoms with E-state index in [2.05, 4.69) is 52.9 Å². The number of benzene rings is 1. The SMILES string of the molecule is CN1CCN(c2ccc(-n3cc(C(=O)NCCCN4CCOCC4)nn3)cc2NC(=O)c2nnc(C#N)cc2Cl)CC1. The van der Waals surface area contributed by atoms with E-state index in [1.165, 1.54) is 10.7 Å². The van der Waals surface area contributed by atoms with Crippen molar-refractivity contribution in [3.63, 3.8) is 0 Å². The van der Waals surface area contributed by atoms with Crippen LogP contribution >= 0.6 is 11.6 Å². The van der Waals surface area contributed by atoms with Crippen LogP contribution in [0.25, 0.3) is 5.69 Å². The van der Waals surface area contributed by atoms with Crippen LogP contribution in [-0.2, 0) is 4.74 Å². The van der Waals surface area contributed by atoms with E-state index in [1.807, 2.05) is 18.2 Å². The van der Waals surface area contributed by atoms with Gasteiger partial charge < -0.3 is 25.2 Å². The molecule has 2 aliphatic rings. The number of carbonyl (C=O) groups is 2. The maximum Gasteiger partial charge on any atom is 0.277 e. The topological polar surface area (TPSA) is 157 Å². The number of ether oxygens (including phenoxy) is 1. The molecule has 42 heavy (non-hydrogen) atoms. The van der Waals surface area contributed by atoms with Gasteiger partial charge >= 0.3 is 0 Å². The standard InChI is InChI=1S/C27H32ClN11O3/c1-36-7-9-38(10-8-36)24-4-3-20(16-22(24)31-27(41)25-21(28)15-19(17-29)32-34-25)39-18-23(33-35-39)26(40)30-5-2-6-37-11-13-42-14-12-37/h3-4,15-16,18H,2,5-14H2,1H3,(H,30,40)(H,31,41). The number of nitriles is 1. The van der Waals surface area contributed by atoms with Crippen LogP contribution in [0.4, 0.5) is 11.4 Å². The van der Waals surface area contributed by atoms with Gasteiger partial charge in [0, 0.05) is 45.8 Å². The number of aromatic nitrogens is 5. The lowest BCUT2D eigenvalue weighted by Crippen LogP contribution is -2.44. The zero-order valence-corrected chi connectivity index (χ0v) is 24.0. The van der Waals surface area contributed by atoms with E-state index >= 15 is 0 Å². The molecule has 2 aromatic heterocycles. The van der Waals surface area contributed by atoms with Crippen LogP contribution in [0.5, 0.6) is 0 Å². The summed E-state index contributed by atoms with van der Waals surface area (Å²) in [4.78, 5) is 32.6. The van der Waals surface area contributed by atoms with Gasteiger partial charge in [0.25, 0.3) is 11.8 Å². The highest BCUT2D eigenvalue weighted by molar-refractivity contribution is 6.34. The first-order chi connectivity index (χ1) is 20.4. The second-order valence-corrected chi connectivity index (χ2v) is 10.5. The van der Waals surface area contributed by atoms with Crippen LogP contribution in [0.3, 0.4) is 0 Å². The highest BCUT2D eigenvalue weighted by Crippen LogP contribution is 2.30. The molecule has 4 heterocycles. The Balaban J connectivity index is 1.31. The number of hydrogen-bond acceptors (Lipinski definition) is 11. The molecule has 2 N–H and O–H groups in total. The minimum atomic E-state index is -0.569. The van der Waals surface area contributed by atoms with Crippen LogP contribution in [-0.4, -0.2) is 119 Å². The average molecular weight is 594 g/mol. The van der Waals surface area contributed by atoms with E-state index in [9.17, 15) is 9.59 Å². The fourth-order valence-corrected chi connectivity index (χ4v) is 4.99. The Morgan fingerprint density at radius 1 is 1.05 bits per heavy atom. The van der Waals surface area contributed by atoms with Crippen molar-refractivity contribution in [3.05, 3.63) is 52.6 Å². The fraction of sp³-hybridized carbons (Fsp3) is 0.444. The van der Waals surface area contributed by atoms with Gasteiger partial charge in [0.2, 0.25) is 0 Å². The summed E-state index contributed by atoms with van der Waals surface area (Å²) in [7, 11) is 2.07. The van der Waals surface area contributed by atoms with Gasteiger partial charge in [0.15, 0.2) is 17.1 Å². The van der Waals surface area contributed by atoms with Gasteiger partial charge in [-0.3, -0.25) is 14.5 Å². The van der Waals surface area contributed by atoms with Crippen molar-refractivity contribution in [2.45, 2.75) is 6.42 Å². The molecule has 0 saturated carbocycles. The molecule has 0 bridgehead atoms. The maximum absolute atomic E-state index is 13.2. The van der Waals surface area contributed by atoms with Gasteiger partial charge in [-0.2, -0.15) is 5.26 Å². The highest BCUT2D eigenvalue weighted by Gasteiger charge is 2.22. The maximum atomic E-state index is 13.2. The van der Waals surface area contributed by atoms with Crippen LogP contribution in [0, 0.1) is 11.3 Å². The number of halogens is 1.